The molecule has 1 aliphatic carbocycles. The van der Waals surface area contributed by atoms with Crippen molar-refractivity contribution in [2.45, 2.75) is 23.1 Å². The molecule has 11 rings (SSSR count). The maximum atomic E-state index is 2.54. The number of fused-ring (bicyclic) bond motifs is 12. The van der Waals surface area contributed by atoms with Gasteiger partial charge in [0.15, 0.2) is 0 Å². The van der Waals surface area contributed by atoms with Crippen LogP contribution in [-0.2, 0) is 6.42 Å². The molecular weight excluding hydrogens is 727 g/mol. The minimum atomic E-state index is -1.18. The van der Waals surface area contributed by atoms with E-state index >= 15 is 0 Å². The van der Waals surface area contributed by atoms with E-state index in [9.17, 15) is 0 Å². The maximum Gasteiger partial charge on any atom is 0.0640 e. The second-order valence-corrected chi connectivity index (χ2v) is 20.1. The molecule has 0 radical (unpaired) electrons. The van der Waals surface area contributed by atoms with Crippen LogP contribution in [0.3, 0.4) is 0 Å². The standard InChI is InChI=1S/C54H41NS2/c1-4-36-15-5-6-16-37(36)18-11-14-35-26-30-40(31-27-35)55(46-22-13-25-50-52(46)43-20-9-10-24-49(43)57(50,2)3)47-23-12-21-44-53-48(56-54(44)47)33-29-39-34-45-41-19-8-7-17-38(41)28-32-42(45)51(39)53/h4-33H,34H2,1-3H3/b14-11+,36-4-,37-18-. The average Bonchev–Trinajstić information content (AvgIpc) is 3.90. The van der Waals surface area contributed by atoms with Gasteiger partial charge in [0.1, 0.15) is 0 Å². The van der Waals surface area contributed by atoms with Gasteiger partial charge in [-0.05, 0) is 123 Å². The Kier molecular flexibility index (Phi) is 7.93. The second kappa shape index (κ2) is 13.2. The first kappa shape index (κ1) is 34.1. The Labute approximate surface area is 339 Å². The van der Waals surface area contributed by atoms with E-state index < -0.39 is 10.0 Å². The van der Waals surface area contributed by atoms with E-state index in [-0.39, 0.29) is 0 Å². The zero-order valence-corrected chi connectivity index (χ0v) is 33.9. The number of thiophene rings is 1. The number of nitrogens with zero attached hydrogens (tertiary/aromatic N) is 1. The van der Waals surface area contributed by atoms with Crippen molar-refractivity contribution in [3.8, 4) is 22.3 Å². The third-order valence-corrected chi connectivity index (χ3v) is 16.3. The summed E-state index contributed by atoms with van der Waals surface area (Å²) in [4.78, 5) is 5.47. The predicted octanol–water partition coefficient (Wildman–Crippen LogP) is 14.0. The molecule has 0 saturated heterocycles. The van der Waals surface area contributed by atoms with Gasteiger partial charge in [0.2, 0.25) is 0 Å². The van der Waals surface area contributed by atoms with Gasteiger partial charge in [-0.2, -0.15) is 10.0 Å². The molecule has 0 atom stereocenters. The van der Waals surface area contributed by atoms with Crippen LogP contribution in [0.4, 0.5) is 17.1 Å². The lowest BCUT2D eigenvalue weighted by Crippen LogP contribution is -2.22. The molecule has 274 valence electrons. The molecule has 2 heterocycles. The molecule has 0 N–H and O–H groups in total. The molecule has 9 aromatic rings. The minimum absolute atomic E-state index is 0.973. The quantitative estimate of drug-likeness (QED) is 0.169. The van der Waals surface area contributed by atoms with E-state index in [1.54, 1.807) is 0 Å². The molecule has 0 amide bonds. The Hall–Kier alpha value is -6.13. The number of anilines is 3. The van der Waals surface area contributed by atoms with E-state index in [0.717, 1.165) is 12.1 Å². The van der Waals surface area contributed by atoms with Crippen LogP contribution in [0.5, 0.6) is 0 Å². The van der Waals surface area contributed by atoms with Crippen molar-refractivity contribution < 1.29 is 0 Å². The molecule has 1 aliphatic heterocycles. The summed E-state index contributed by atoms with van der Waals surface area (Å²) in [7, 11) is -1.18. The van der Waals surface area contributed by atoms with Gasteiger partial charge in [-0.15, -0.1) is 11.3 Å². The lowest BCUT2D eigenvalue weighted by molar-refractivity contribution is 1.28. The lowest BCUT2D eigenvalue weighted by Gasteiger charge is -2.30. The summed E-state index contributed by atoms with van der Waals surface area (Å²) >= 11 is 1.93. The predicted molar refractivity (Wildman–Crippen MR) is 250 cm³/mol. The van der Waals surface area contributed by atoms with Gasteiger partial charge < -0.3 is 4.90 Å². The fourth-order valence-electron chi connectivity index (χ4n) is 9.47. The fourth-order valence-corrected chi connectivity index (χ4v) is 13.2. The van der Waals surface area contributed by atoms with Gasteiger partial charge in [-0.3, -0.25) is 0 Å². The number of hydrogen-bond acceptors (Lipinski definition) is 2. The molecule has 3 heteroatoms. The highest BCUT2D eigenvalue weighted by molar-refractivity contribution is 8.33. The van der Waals surface area contributed by atoms with Gasteiger partial charge in [0.05, 0.1) is 16.1 Å². The topological polar surface area (TPSA) is 3.24 Å². The number of rotatable bonds is 5. The van der Waals surface area contributed by atoms with Crippen LogP contribution >= 0.6 is 21.4 Å². The van der Waals surface area contributed by atoms with Crippen LogP contribution < -0.4 is 15.3 Å². The zero-order valence-electron chi connectivity index (χ0n) is 32.3. The molecule has 8 aromatic carbocycles. The highest BCUT2D eigenvalue weighted by atomic mass is 32.3. The smallest absolute Gasteiger partial charge is 0.0640 e. The van der Waals surface area contributed by atoms with Gasteiger partial charge in [0, 0.05) is 36.5 Å². The Morgan fingerprint density at radius 2 is 1.33 bits per heavy atom. The summed E-state index contributed by atoms with van der Waals surface area (Å²) in [6.45, 7) is 2.09. The third kappa shape index (κ3) is 5.30. The number of hydrogen-bond donors (Lipinski definition) is 0. The summed E-state index contributed by atoms with van der Waals surface area (Å²) in [6.07, 6.45) is 14.6. The normalized spacial score (nSPS) is 15.0. The molecular formula is C54H41NS2. The van der Waals surface area contributed by atoms with Crippen molar-refractivity contribution in [2.24, 2.45) is 0 Å². The van der Waals surface area contributed by atoms with E-state index in [1.807, 2.05) is 11.3 Å². The van der Waals surface area contributed by atoms with Gasteiger partial charge in [-0.1, -0.05) is 140 Å². The lowest BCUT2D eigenvalue weighted by atomic mass is 9.96. The van der Waals surface area contributed by atoms with E-state index in [1.165, 1.54) is 101 Å². The van der Waals surface area contributed by atoms with Crippen molar-refractivity contribution in [3.63, 3.8) is 0 Å². The molecule has 0 saturated carbocycles. The Morgan fingerprint density at radius 1 is 0.596 bits per heavy atom. The molecule has 1 aromatic heterocycles. The largest absolute Gasteiger partial charge is 0.308 e. The van der Waals surface area contributed by atoms with Crippen LogP contribution in [-0.4, -0.2) is 12.5 Å². The van der Waals surface area contributed by atoms with Crippen molar-refractivity contribution in [2.75, 3.05) is 17.4 Å². The third-order valence-electron chi connectivity index (χ3n) is 12.2. The Balaban J connectivity index is 1.11. The van der Waals surface area contributed by atoms with Crippen LogP contribution in [0.2, 0.25) is 0 Å². The molecule has 1 nitrogen and oxygen atoms in total. The molecule has 0 unspecified atom stereocenters. The number of allylic oxidation sites excluding steroid dienone is 1. The number of benzene rings is 8. The van der Waals surface area contributed by atoms with Crippen LogP contribution in [0.25, 0.3) is 71.4 Å². The summed E-state index contributed by atoms with van der Waals surface area (Å²) < 4.78 is 2.65. The Morgan fingerprint density at radius 3 is 2.21 bits per heavy atom. The fraction of sp³-hybridized carbons (Fsp3) is 0.0741. The zero-order chi connectivity index (χ0) is 38.3. The molecule has 0 bridgehead atoms. The molecule has 57 heavy (non-hydrogen) atoms. The van der Waals surface area contributed by atoms with Crippen molar-refractivity contribution in [3.05, 3.63) is 191 Å². The van der Waals surface area contributed by atoms with E-state index in [2.05, 4.69) is 206 Å². The van der Waals surface area contributed by atoms with E-state index in [4.69, 9.17) is 0 Å². The first-order chi connectivity index (χ1) is 28.0. The molecule has 2 aliphatic rings. The monoisotopic (exact) mass is 767 g/mol. The highest BCUT2D eigenvalue weighted by Crippen LogP contribution is 2.69. The second-order valence-electron chi connectivity index (χ2n) is 15.6. The van der Waals surface area contributed by atoms with Crippen molar-refractivity contribution in [1.82, 2.24) is 0 Å². The molecule has 0 fully saturated rings. The summed E-state index contributed by atoms with van der Waals surface area (Å²) in [5, 5.41) is 7.87. The van der Waals surface area contributed by atoms with Crippen LogP contribution in [0.1, 0.15) is 23.6 Å². The van der Waals surface area contributed by atoms with Crippen molar-refractivity contribution in [1.29, 1.82) is 0 Å². The molecule has 0 spiro atoms. The van der Waals surface area contributed by atoms with Gasteiger partial charge in [0.25, 0.3) is 0 Å². The van der Waals surface area contributed by atoms with E-state index in [0.29, 0.717) is 0 Å². The maximum absolute atomic E-state index is 2.54. The first-order valence-electron chi connectivity index (χ1n) is 19.7. The summed E-state index contributed by atoms with van der Waals surface area (Å²) in [6, 6.07) is 59.0. The average molecular weight is 768 g/mol. The van der Waals surface area contributed by atoms with Crippen LogP contribution in [0, 0.1) is 0 Å². The van der Waals surface area contributed by atoms with Crippen molar-refractivity contribution >= 4 is 87.6 Å². The highest BCUT2D eigenvalue weighted by Gasteiger charge is 2.35. The van der Waals surface area contributed by atoms with Crippen LogP contribution in [0.15, 0.2) is 174 Å². The summed E-state index contributed by atoms with van der Waals surface area (Å²) in [5.41, 5.74) is 13.2. The Bertz CT molecular complexity index is 3250. The minimum Gasteiger partial charge on any atom is -0.308 e. The first-order valence-corrected chi connectivity index (χ1v) is 23.0. The van der Waals surface area contributed by atoms with Gasteiger partial charge >= 0.3 is 0 Å². The SMILES string of the molecule is C/C=c1/cccc/c1=C/C=C/c1ccc(N(c2cccc3c2-c2ccccc2S3(C)C)c2cccc3c2sc2ccc4c(c23)-c2ccc3ccccc3c2C4)cc1. The summed E-state index contributed by atoms with van der Waals surface area (Å²) in [5.74, 6) is 0. The van der Waals surface area contributed by atoms with Gasteiger partial charge in [-0.25, -0.2) is 0 Å².